The second kappa shape index (κ2) is 6.35. The minimum absolute atomic E-state index is 0.176. The van der Waals surface area contributed by atoms with Gasteiger partial charge in [0.1, 0.15) is 5.82 Å². The minimum atomic E-state index is -0.189. The summed E-state index contributed by atoms with van der Waals surface area (Å²) in [5, 5.41) is 8.97. The van der Waals surface area contributed by atoms with Crippen LogP contribution >= 0.6 is 0 Å². The molecule has 1 heterocycles. The maximum absolute atomic E-state index is 14.2. The molecule has 1 saturated heterocycles. The summed E-state index contributed by atoms with van der Waals surface area (Å²) in [6, 6.07) is 5.27. The molecule has 3 N–H and O–H groups in total. The number of nitrogens with zero attached hydrogens (tertiary/aromatic N) is 1. The van der Waals surface area contributed by atoms with E-state index in [2.05, 4.69) is 4.90 Å². The van der Waals surface area contributed by atoms with E-state index in [0.29, 0.717) is 11.7 Å². The molecule has 0 bridgehead atoms. The van der Waals surface area contributed by atoms with Crippen LogP contribution in [-0.2, 0) is 0 Å². The lowest BCUT2D eigenvalue weighted by molar-refractivity contribution is 0.279. The van der Waals surface area contributed by atoms with Crippen molar-refractivity contribution in [3.05, 3.63) is 29.6 Å². The van der Waals surface area contributed by atoms with Gasteiger partial charge in [-0.2, -0.15) is 0 Å². The molecule has 19 heavy (non-hydrogen) atoms. The molecule has 0 saturated carbocycles. The quantitative estimate of drug-likeness (QED) is 0.861. The molecule has 1 aromatic carbocycles. The summed E-state index contributed by atoms with van der Waals surface area (Å²) in [6.45, 7) is 2.95. The average Bonchev–Trinajstić information content (AvgIpc) is 2.83. The van der Waals surface area contributed by atoms with Crippen LogP contribution in [0.5, 0.6) is 0 Å². The van der Waals surface area contributed by atoms with Gasteiger partial charge in [0.05, 0.1) is 5.69 Å². The van der Waals surface area contributed by atoms with E-state index < -0.39 is 0 Å². The van der Waals surface area contributed by atoms with Crippen molar-refractivity contribution in [1.29, 1.82) is 0 Å². The van der Waals surface area contributed by atoms with Crippen LogP contribution in [0.1, 0.15) is 44.2 Å². The second-order valence-electron chi connectivity index (χ2n) is 5.32. The van der Waals surface area contributed by atoms with Gasteiger partial charge in [-0.25, -0.2) is 4.39 Å². The van der Waals surface area contributed by atoms with E-state index in [4.69, 9.17) is 10.8 Å². The Morgan fingerprint density at radius 1 is 1.53 bits per heavy atom. The number of aliphatic hydroxyl groups excluding tert-OH is 1. The summed E-state index contributed by atoms with van der Waals surface area (Å²) < 4.78 is 14.2. The number of rotatable bonds is 5. The monoisotopic (exact) mass is 266 g/mol. The van der Waals surface area contributed by atoms with Crippen LogP contribution < -0.4 is 10.6 Å². The summed E-state index contributed by atoms with van der Waals surface area (Å²) in [4.78, 5) is 2.14. The Morgan fingerprint density at radius 3 is 3.00 bits per heavy atom. The van der Waals surface area contributed by atoms with Crippen LogP contribution in [-0.4, -0.2) is 24.3 Å². The molecule has 1 unspecified atom stereocenters. The third-order valence-electron chi connectivity index (χ3n) is 3.87. The molecule has 0 aromatic heterocycles. The van der Waals surface area contributed by atoms with Crippen molar-refractivity contribution in [2.24, 2.45) is 5.73 Å². The van der Waals surface area contributed by atoms with Crippen molar-refractivity contribution in [3.63, 3.8) is 0 Å². The number of aliphatic hydroxyl groups is 1. The van der Waals surface area contributed by atoms with Gasteiger partial charge in [-0.1, -0.05) is 12.1 Å². The molecule has 1 aromatic rings. The second-order valence-corrected chi connectivity index (χ2v) is 5.32. The fourth-order valence-corrected chi connectivity index (χ4v) is 2.96. The molecular weight excluding hydrogens is 243 g/mol. The Bertz CT molecular complexity index is 423. The van der Waals surface area contributed by atoms with E-state index in [1.807, 2.05) is 13.0 Å². The summed E-state index contributed by atoms with van der Waals surface area (Å²) >= 11 is 0. The molecule has 106 valence electrons. The van der Waals surface area contributed by atoms with E-state index in [-0.39, 0.29) is 18.5 Å². The lowest BCUT2D eigenvalue weighted by atomic mass is 10.0. The zero-order chi connectivity index (χ0) is 13.8. The fourth-order valence-electron chi connectivity index (χ4n) is 2.96. The van der Waals surface area contributed by atoms with E-state index in [1.165, 1.54) is 6.07 Å². The summed E-state index contributed by atoms with van der Waals surface area (Å²) in [6.07, 6.45) is 3.81. The molecule has 0 amide bonds. The molecule has 0 radical (unpaired) electrons. The first-order valence-corrected chi connectivity index (χ1v) is 7.06. The van der Waals surface area contributed by atoms with Crippen molar-refractivity contribution in [2.45, 2.75) is 44.7 Å². The molecular formula is C15H23FN2O. The topological polar surface area (TPSA) is 49.5 Å². The van der Waals surface area contributed by atoms with E-state index >= 15 is 0 Å². The van der Waals surface area contributed by atoms with Gasteiger partial charge in [0, 0.05) is 25.2 Å². The lowest BCUT2D eigenvalue weighted by Crippen LogP contribution is -2.31. The first-order valence-electron chi connectivity index (χ1n) is 7.06. The maximum Gasteiger partial charge on any atom is 0.146 e. The Kier molecular flexibility index (Phi) is 4.77. The zero-order valence-corrected chi connectivity index (χ0v) is 11.5. The number of hydrogen-bond acceptors (Lipinski definition) is 3. The first kappa shape index (κ1) is 14.3. The van der Waals surface area contributed by atoms with Crippen LogP contribution in [0.3, 0.4) is 0 Å². The maximum atomic E-state index is 14.2. The molecule has 0 spiro atoms. The smallest absolute Gasteiger partial charge is 0.146 e. The van der Waals surface area contributed by atoms with Gasteiger partial charge in [-0.05, 0) is 44.2 Å². The van der Waals surface area contributed by atoms with Gasteiger partial charge >= 0.3 is 0 Å². The van der Waals surface area contributed by atoms with Crippen molar-refractivity contribution in [2.75, 3.05) is 18.1 Å². The van der Waals surface area contributed by atoms with E-state index in [0.717, 1.165) is 37.8 Å². The highest BCUT2D eigenvalue weighted by Crippen LogP contribution is 2.35. The normalized spacial score (nSPS) is 20.8. The Hall–Kier alpha value is -1.13. The number of nitrogens with two attached hydrogens (primary N) is 1. The lowest BCUT2D eigenvalue weighted by Gasteiger charge is -2.30. The average molecular weight is 266 g/mol. The van der Waals surface area contributed by atoms with E-state index in [9.17, 15) is 4.39 Å². The van der Waals surface area contributed by atoms with Crippen molar-refractivity contribution < 1.29 is 9.50 Å². The number of para-hydroxylation sites is 1. The molecule has 1 aliphatic rings. The summed E-state index contributed by atoms with van der Waals surface area (Å²) in [7, 11) is 0. The third-order valence-corrected chi connectivity index (χ3v) is 3.87. The molecule has 3 nitrogen and oxygen atoms in total. The largest absolute Gasteiger partial charge is 0.396 e. The predicted octanol–water partition coefficient (Wildman–Crippen LogP) is 2.59. The Morgan fingerprint density at radius 2 is 2.32 bits per heavy atom. The fraction of sp³-hybridized carbons (Fsp3) is 0.600. The van der Waals surface area contributed by atoms with Gasteiger partial charge in [-0.15, -0.1) is 0 Å². The van der Waals surface area contributed by atoms with Crippen LogP contribution in [0.25, 0.3) is 0 Å². The van der Waals surface area contributed by atoms with Gasteiger partial charge in [0.15, 0.2) is 0 Å². The highest BCUT2D eigenvalue weighted by atomic mass is 19.1. The highest BCUT2D eigenvalue weighted by molar-refractivity contribution is 5.57. The number of halogens is 1. The third kappa shape index (κ3) is 3.07. The van der Waals surface area contributed by atoms with Gasteiger partial charge < -0.3 is 15.7 Å². The first-order chi connectivity index (χ1) is 9.15. The number of benzene rings is 1. The molecule has 2 rings (SSSR count). The SMILES string of the molecule is C[C@@H](N)c1cccc(F)c1N1CCCC1CCCO. The van der Waals surface area contributed by atoms with Gasteiger partial charge in [-0.3, -0.25) is 0 Å². The number of hydrogen-bond donors (Lipinski definition) is 2. The van der Waals surface area contributed by atoms with Crippen LogP contribution in [0.2, 0.25) is 0 Å². The van der Waals surface area contributed by atoms with Gasteiger partial charge in [0.2, 0.25) is 0 Å². The molecule has 1 fully saturated rings. The van der Waals surface area contributed by atoms with Crippen LogP contribution in [0.15, 0.2) is 18.2 Å². The summed E-state index contributed by atoms with van der Waals surface area (Å²) in [5.74, 6) is -0.189. The molecule has 2 atom stereocenters. The molecule has 1 aliphatic heterocycles. The summed E-state index contributed by atoms with van der Waals surface area (Å²) in [5.41, 5.74) is 7.50. The van der Waals surface area contributed by atoms with Crippen LogP contribution in [0, 0.1) is 5.82 Å². The van der Waals surface area contributed by atoms with Crippen molar-refractivity contribution in [1.82, 2.24) is 0 Å². The molecule has 4 heteroatoms. The molecule has 0 aliphatic carbocycles. The number of anilines is 1. The Balaban J connectivity index is 2.29. The van der Waals surface area contributed by atoms with Crippen molar-refractivity contribution in [3.8, 4) is 0 Å². The standard InChI is InChI=1S/C15H23FN2O/c1-11(17)13-7-2-8-14(16)15(13)18-9-3-5-12(18)6-4-10-19/h2,7-8,11-12,19H,3-6,9-10,17H2,1H3/t11-,12?/m1/s1. The van der Waals surface area contributed by atoms with E-state index in [1.54, 1.807) is 6.07 Å². The minimum Gasteiger partial charge on any atom is -0.396 e. The van der Waals surface area contributed by atoms with Crippen molar-refractivity contribution >= 4 is 5.69 Å². The van der Waals surface area contributed by atoms with Gasteiger partial charge in [0.25, 0.3) is 0 Å². The Labute approximate surface area is 114 Å². The predicted molar refractivity (Wildman–Crippen MR) is 75.7 cm³/mol. The van der Waals surface area contributed by atoms with Crippen LogP contribution in [0.4, 0.5) is 10.1 Å². The highest BCUT2D eigenvalue weighted by Gasteiger charge is 2.28. The zero-order valence-electron chi connectivity index (χ0n) is 11.5.